The standard InChI is InChI=1S/C30H29NO7/c1-18(2)28(30(33)34)38-26-16-23(35-4)14-15-24(26)27(32)20-10-12-22(13-11-20)36-17-25-19(3)37-29(31-25)21-8-6-5-7-9-21/h5-16,18,28H,17H2,1-4H3,(H,33,34). The number of carboxylic acids is 1. The van der Waals surface area contributed by atoms with Gasteiger partial charge in [-0.25, -0.2) is 9.78 Å². The van der Waals surface area contributed by atoms with Crippen LogP contribution < -0.4 is 14.2 Å². The van der Waals surface area contributed by atoms with Gasteiger partial charge >= 0.3 is 5.97 Å². The van der Waals surface area contributed by atoms with Crippen LogP contribution in [0, 0.1) is 12.8 Å². The molecule has 1 heterocycles. The van der Waals surface area contributed by atoms with E-state index in [-0.39, 0.29) is 29.6 Å². The number of aryl methyl sites for hydroxylation is 1. The van der Waals surface area contributed by atoms with E-state index >= 15 is 0 Å². The van der Waals surface area contributed by atoms with Crippen LogP contribution in [0.2, 0.25) is 0 Å². The Kier molecular flexibility index (Phi) is 8.11. The molecule has 0 saturated carbocycles. The molecule has 1 unspecified atom stereocenters. The molecule has 4 rings (SSSR count). The summed E-state index contributed by atoms with van der Waals surface area (Å²) in [5.74, 6) is 0.616. The Morgan fingerprint density at radius 1 is 0.974 bits per heavy atom. The first-order valence-electron chi connectivity index (χ1n) is 12.1. The third-order valence-corrected chi connectivity index (χ3v) is 5.94. The summed E-state index contributed by atoms with van der Waals surface area (Å²) in [5.41, 5.74) is 2.20. The molecule has 0 aliphatic carbocycles. The van der Waals surface area contributed by atoms with Crippen LogP contribution in [0.5, 0.6) is 17.2 Å². The van der Waals surface area contributed by atoms with Gasteiger partial charge in [0.2, 0.25) is 5.89 Å². The number of oxazole rings is 1. The minimum absolute atomic E-state index is 0.145. The van der Waals surface area contributed by atoms with Gasteiger partial charge in [0.1, 0.15) is 35.3 Å². The number of aliphatic carboxylic acids is 1. The van der Waals surface area contributed by atoms with E-state index in [0.29, 0.717) is 34.4 Å². The number of rotatable bonds is 11. The Morgan fingerprint density at radius 2 is 1.66 bits per heavy atom. The van der Waals surface area contributed by atoms with Gasteiger partial charge in [-0.1, -0.05) is 32.0 Å². The molecule has 0 fully saturated rings. The van der Waals surface area contributed by atoms with Crippen LogP contribution in [-0.2, 0) is 11.4 Å². The highest BCUT2D eigenvalue weighted by Gasteiger charge is 2.26. The van der Waals surface area contributed by atoms with E-state index in [1.165, 1.54) is 13.2 Å². The maximum absolute atomic E-state index is 13.3. The largest absolute Gasteiger partial charge is 0.497 e. The number of hydrogen-bond acceptors (Lipinski definition) is 7. The molecule has 1 aromatic heterocycles. The second-order valence-corrected chi connectivity index (χ2v) is 9.01. The third kappa shape index (κ3) is 6.03. The van der Waals surface area contributed by atoms with Gasteiger partial charge in [-0.3, -0.25) is 4.79 Å². The predicted octanol–water partition coefficient (Wildman–Crippen LogP) is 5.96. The van der Waals surface area contributed by atoms with Crippen molar-refractivity contribution < 1.29 is 33.3 Å². The van der Waals surface area contributed by atoms with E-state index in [0.717, 1.165) is 5.56 Å². The van der Waals surface area contributed by atoms with Gasteiger partial charge in [-0.2, -0.15) is 0 Å². The van der Waals surface area contributed by atoms with Crippen LogP contribution in [0.3, 0.4) is 0 Å². The van der Waals surface area contributed by atoms with Crippen molar-refractivity contribution in [3.63, 3.8) is 0 Å². The quantitative estimate of drug-likeness (QED) is 0.244. The summed E-state index contributed by atoms with van der Waals surface area (Å²) in [4.78, 5) is 29.6. The summed E-state index contributed by atoms with van der Waals surface area (Å²) < 4.78 is 22.7. The molecule has 38 heavy (non-hydrogen) atoms. The van der Waals surface area contributed by atoms with Crippen LogP contribution in [0.15, 0.2) is 77.2 Å². The number of carboxylic acid groups (broad SMARTS) is 1. The average molecular weight is 516 g/mol. The Morgan fingerprint density at radius 3 is 2.29 bits per heavy atom. The molecule has 196 valence electrons. The number of ketones is 1. The minimum Gasteiger partial charge on any atom is -0.497 e. The molecule has 0 amide bonds. The van der Waals surface area contributed by atoms with Gasteiger partial charge in [0, 0.05) is 23.1 Å². The lowest BCUT2D eigenvalue weighted by atomic mass is 10.0. The van der Waals surface area contributed by atoms with Crippen molar-refractivity contribution in [1.82, 2.24) is 4.98 Å². The molecule has 0 saturated heterocycles. The fourth-order valence-electron chi connectivity index (χ4n) is 3.80. The highest BCUT2D eigenvalue weighted by Crippen LogP contribution is 2.30. The van der Waals surface area contributed by atoms with Crippen LogP contribution in [0.4, 0.5) is 0 Å². The number of nitrogens with zero attached hydrogens (tertiary/aromatic N) is 1. The topological polar surface area (TPSA) is 108 Å². The number of benzene rings is 3. The minimum atomic E-state index is -1.12. The summed E-state index contributed by atoms with van der Waals surface area (Å²) in [5, 5.41) is 9.55. The normalized spacial score (nSPS) is 11.7. The Bertz CT molecular complexity index is 1410. The molecule has 1 N–H and O–H groups in total. The number of hydrogen-bond donors (Lipinski definition) is 1. The molecule has 8 heteroatoms. The van der Waals surface area contributed by atoms with Gasteiger partial charge in [0.25, 0.3) is 0 Å². The zero-order valence-corrected chi connectivity index (χ0v) is 21.6. The Labute approximate surface area is 220 Å². The van der Waals surface area contributed by atoms with E-state index in [4.69, 9.17) is 18.6 Å². The zero-order chi connectivity index (χ0) is 27.2. The maximum Gasteiger partial charge on any atom is 0.345 e. The molecule has 1 atom stereocenters. The molecule has 0 aliphatic rings. The first-order valence-corrected chi connectivity index (χ1v) is 12.1. The number of carbonyl (C=O) groups is 2. The molecule has 3 aromatic carbocycles. The van der Waals surface area contributed by atoms with Crippen LogP contribution >= 0.6 is 0 Å². The first kappa shape index (κ1) is 26.5. The van der Waals surface area contributed by atoms with Crippen LogP contribution in [-0.4, -0.2) is 35.1 Å². The third-order valence-electron chi connectivity index (χ3n) is 5.94. The Balaban J connectivity index is 1.49. The van der Waals surface area contributed by atoms with Crippen molar-refractivity contribution in [2.75, 3.05) is 7.11 Å². The fourth-order valence-corrected chi connectivity index (χ4v) is 3.80. The van der Waals surface area contributed by atoms with Crippen molar-refractivity contribution in [3.8, 4) is 28.7 Å². The lowest BCUT2D eigenvalue weighted by Gasteiger charge is -2.20. The van der Waals surface area contributed by atoms with Crippen molar-refractivity contribution in [3.05, 3.63) is 95.4 Å². The second-order valence-electron chi connectivity index (χ2n) is 9.01. The van der Waals surface area contributed by atoms with E-state index in [1.54, 1.807) is 50.2 Å². The first-order chi connectivity index (χ1) is 18.3. The smallest absolute Gasteiger partial charge is 0.345 e. The molecular formula is C30H29NO7. The van der Waals surface area contributed by atoms with E-state index < -0.39 is 12.1 Å². The summed E-state index contributed by atoms with van der Waals surface area (Å²) in [6.07, 6.45) is -1.12. The van der Waals surface area contributed by atoms with Crippen molar-refractivity contribution in [2.24, 2.45) is 5.92 Å². The van der Waals surface area contributed by atoms with E-state index in [2.05, 4.69) is 4.98 Å². The number of carbonyl (C=O) groups excluding carboxylic acids is 1. The summed E-state index contributed by atoms with van der Waals surface area (Å²) in [7, 11) is 1.49. The number of aromatic nitrogens is 1. The molecule has 0 spiro atoms. The SMILES string of the molecule is COc1ccc(C(=O)c2ccc(OCc3nc(-c4ccccc4)oc3C)cc2)c(OC(C(=O)O)C(C)C)c1. The average Bonchev–Trinajstić information content (AvgIpc) is 3.30. The van der Waals surface area contributed by atoms with Crippen molar-refractivity contribution in [2.45, 2.75) is 33.5 Å². The molecular weight excluding hydrogens is 486 g/mol. The summed E-state index contributed by atoms with van der Waals surface area (Å²) >= 11 is 0. The van der Waals surface area contributed by atoms with E-state index in [1.807, 2.05) is 37.3 Å². The maximum atomic E-state index is 13.3. The predicted molar refractivity (Wildman–Crippen MR) is 141 cm³/mol. The lowest BCUT2D eigenvalue weighted by Crippen LogP contribution is -2.32. The Hall–Kier alpha value is -4.59. The van der Waals surface area contributed by atoms with Gasteiger partial charge in [0.15, 0.2) is 11.9 Å². The number of ether oxygens (including phenoxy) is 3. The highest BCUT2D eigenvalue weighted by atomic mass is 16.5. The molecule has 4 aromatic rings. The molecule has 0 aliphatic heterocycles. The monoisotopic (exact) mass is 515 g/mol. The van der Waals surface area contributed by atoms with Gasteiger partial charge in [-0.05, 0) is 55.5 Å². The van der Waals surface area contributed by atoms with Crippen LogP contribution in [0.25, 0.3) is 11.5 Å². The van der Waals surface area contributed by atoms with Crippen molar-refractivity contribution in [1.29, 1.82) is 0 Å². The van der Waals surface area contributed by atoms with Gasteiger partial charge < -0.3 is 23.7 Å². The number of methoxy groups -OCH3 is 1. The van der Waals surface area contributed by atoms with Crippen LogP contribution in [0.1, 0.15) is 41.2 Å². The molecule has 0 bridgehead atoms. The second kappa shape index (κ2) is 11.6. The summed E-state index contributed by atoms with van der Waals surface area (Å²) in [6, 6.07) is 21.0. The zero-order valence-electron chi connectivity index (χ0n) is 21.6. The molecule has 0 radical (unpaired) electrons. The molecule has 8 nitrogen and oxygen atoms in total. The lowest BCUT2D eigenvalue weighted by molar-refractivity contribution is -0.147. The fraction of sp³-hybridized carbons (Fsp3) is 0.233. The van der Waals surface area contributed by atoms with Crippen molar-refractivity contribution >= 4 is 11.8 Å². The van der Waals surface area contributed by atoms with Gasteiger partial charge in [0.05, 0.1) is 12.7 Å². The van der Waals surface area contributed by atoms with Gasteiger partial charge in [-0.15, -0.1) is 0 Å². The van der Waals surface area contributed by atoms with E-state index in [9.17, 15) is 14.7 Å². The highest BCUT2D eigenvalue weighted by molar-refractivity contribution is 6.11. The summed E-state index contributed by atoms with van der Waals surface area (Å²) in [6.45, 7) is 5.52.